The van der Waals surface area contributed by atoms with E-state index in [-0.39, 0.29) is 36.5 Å². The highest BCUT2D eigenvalue weighted by Gasteiger charge is 2.17. The topological polar surface area (TPSA) is 178 Å². The van der Waals surface area contributed by atoms with Gasteiger partial charge < -0.3 is 47.4 Å². The van der Waals surface area contributed by atoms with E-state index in [4.69, 9.17) is 47.4 Å². The van der Waals surface area contributed by atoms with Crippen LogP contribution >= 0.6 is 0 Å². The summed E-state index contributed by atoms with van der Waals surface area (Å²) in [6.45, 7) is 8.16. The molecule has 0 unspecified atom stereocenters. The standard InChI is InChI=1S/C65H56O15/c1-6-61(66)76-36-10-8-34-74-57-32-25-51(41-59(57)71-3)63(68)79-53-27-18-44(19-28-53)12-14-46-16-23-50-39-48(17-24-49(50)38-46)43-78-56-31-22-47(40-55(56)65(70)73-5)15-13-45-20-29-54(30-21-45)80-64(69)52-26-33-58(60(42-52)72-4)75-35-9-11-37-77-62(67)7-2/h6-7,16-33,38-42H,1-2,8-11,34-37,43H2,3-5H3. The quantitative estimate of drug-likeness (QED) is 0.0139. The zero-order valence-corrected chi connectivity index (χ0v) is 44.3. The van der Waals surface area contributed by atoms with Gasteiger partial charge in [-0.2, -0.15) is 0 Å². The Labute approximate surface area is 463 Å². The Morgan fingerprint density at radius 1 is 0.425 bits per heavy atom. The van der Waals surface area contributed by atoms with Crippen molar-refractivity contribution in [2.75, 3.05) is 47.8 Å². The Morgan fingerprint density at radius 3 is 1.36 bits per heavy atom. The van der Waals surface area contributed by atoms with Crippen LogP contribution < -0.4 is 33.2 Å². The summed E-state index contributed by atoms with van der Waals surface area (Å²) in [5.74, 6) is 12.5. The van der Waals surface area contributed by atoms with Crippen LogP contribution in [-0.4, -0.2) is 77.6 Å². The van der Waals surface area contributed by atoms with E-state index in [0.717, 1.165) is 39.6 Å². The van der Waals surface area contributed by atoms with Gasteiger partial charge in [-0.05, 0) is 163 Å². The molecule has 0 saturated heterocycles. The summed E-state index contributed by atoms with van der Waals surface area (Å²) >= 11 is 0. The molecular weight excluding hydrogens is 1020 g/mol. The first-order valence-corrected chi connectivity index (χ1v) is 25.2. The van der Waals surface area contributed by atoms with Gasteiger partial charge in [-0.1, -0.05) is 55.0 Å². The number of fused-ring (bicyclic) bond motifs is 1. The number of carbonyl (C=O) groups is 5. The number of benzene rings is 7. The first-order chi connectivity index (χ1) is 38.9. The van der Waals surface area contributed by atoms with Crippen molar-refractivity contribution in [3.05, 3.63) is 209 Å². The lowest BCUT2D eigenvalue weighted by Gasteiger charge is -2.12. The van der Waals surface area contributed by atoms with Gasteiger partial charge in [0.05, 0.1) is 58.9 Å². The molecule has 0 amide bonds. The van der Waals surface area contributed by atoms with E-state index in [2.05, 4.69) is 36.8 Å². The molecule has 0 spiro atoms. The van der Waals surface area contributed by atoms with Gasteiger partial charge >= 0.3 is 29.8 Å². The van der Waals surface area contributed by atoms with E-state index in [9.17, 15) is 24.0 Å². The molecule has 0 aliphatic rings. The van der Waals surface area contributed by atoms with Crippen LogP contribution in [0.3, 0.4) is 0 Å². The van der Waals surface area contributed by atoms with Crippen LogP contribution in [0.1, 0.15) is 84.6 Å². The van der Waals surface area contributed by atoms with Crippen molar-refractivity contribution in [2.45, 2.75) is 32.3 Å². The van der Waals surface area contributed by atoms with Crippen molar-refractivity contribution < 1.29 is 71.3 Å². The highest BCUT2D eigenvalue weighted by Crippen LogP contribution is 2.31. The fourth-order valence-electron chi connectivity index (χ4n) is 7.52. The number of esters is 5. The smallest absolute Gasteiger partial charge is 0.343 e. The van der Waals surface area contributed by atoms with Crippen LogP contribution in [0.5, 0.6) is 40.2 Å². The molecule has 7 aromatic carbocycles. The summed E-state index contributed by atoms with van der Waals surface area (Å²) in [7, 11) is 4.26. The highest BCUT2D eigenvalue weighted by molar-refractivity contribution is 5.94. The first-order valence-electron chi connectivity index (χ1n) is 25.2. The predicted octanol–water partition coefficient (Wildman–Crippen LogP) is 11.2. The van der Waals surface area contributed by atoms with Gasteiger partial charge in [-0.3, -0.25) is 0 Å². The second-order valence-electron chi connectivity index (χ2n) is 17.3. The number of hydrogen-bond donors (Lipinski definition) is 0. The third-order valence-electron chi connectivity index (χ3n) is 11.7. The second kappa shape index (κ2) is 29.3. The Balaban J connectivity index is 0.889. The molecule has 0 bridgehead atoms. The SMILES string of the molecule is C=CC(=O)OCCCCOc1ccc(C(=O)Oc2ccc(C#Cc3ccc(OCc4ccc5cc(C#Cc6ccc(OC(=O)c7ccc(OCCCCOC(=O)C=C)c(OC)c7)cc6)ccc5c4)c(C(=O)OC)c3)cc2)cc1OC. The monoisotopic (exact) mass is 1080 g/mol. The van der Waals surface area contributed by atoms with Crippen molar-refractivity contribution in [3.63, 3.8) is 0 Å². The average molecular weight is 1080 g/mol. The van der Waals surface area contributed by atoms with Gasteiger partial charge in [-0.25, -0.2) is 24.0 Å². The van der Waals surface area contributed by atoms with E-state index in [0.29, 0.717) is 90.3 Å². The minimum Gasteiger partial charge on any atom is -0.493 e. The van der Waals surface area contributed by atoms with Crippen molar-refractivity contribution in [1.82, 2.24) is 0 Å². The molecule has 0 heterocycles. The molecule has 0 saturated carbocycles. The maximum absolute atomic E-state index is 13.0. The summed E-state index contributed by atoms with van der Waals surface area (Å²) < 4.78 is 54.9. The van der Waals surface area contributed by atoms with Crippen molar-refractivity contribution in [1.29, 1.82) is 0 Å². The molecule has 0 radical (unpaired) electrons. The molecular formula is C65H56O15. The van der Waals surface area contributed by atoms with Crippen LogP contribution in [0.15, 0.2) is 165 Å². The van der Waals surface area contributed by atoms with Gasteiger partial charge in [0.2, 0.25) is 0 Å². The fourth-order valence-corrected chi connectivity index (χ4v) is 7.52. The molecule has 0 aromatic heterocycles. The summed E-state index contributed by atoms with van der Waals surface area (Å²) in [6, 6.07) is 40.0. The summed E-state index contributed by atoms with van der Waals surface area (Å²) in [4.78, 5) is 61.3. The fraction of sp³-hybridized carbons (Fsp3) is 0.185. The molecule has 7 rings (SSSR count). The first kappa shape index (κ1) is 57.5. The maximum atomic E-state index is 13.0. The van der Waals surface area contributed by atoms with E-state index in [1.165, 1.54) is 27.4 Å². The third kappa shape index (κ3) is 16.9. The molecule has 0 N–H and O–H groups in total. The second-order valence-corrected chi connectivity index (χ2v) is 17.3. The van der Waals surface area contributed by atoms with Crippen LogP contribution in [-0.2, 0) is 30.4 Å². The van der Waals surface area contributed by atoms with Crippen LogP contribution in [0, 0.1) is 23.7 Å². The van der Waals surface area contributed by atoms with Crippen molar-refractivity contribution in [3.8, 4) is 63.9 Å². The van der Waals surface area contributed by atoms with E-state index in [1.54, 1.807) is 97.1 Å². The third-order valence-corrected chi connectivity index (χ3v) is 11.7. The number of carbonyl (C=O) groups excluding carboxylic acids is 5. The van der Waals surface area contributed by atoms with Crippen molar-refractivity contribution in [2.24, 2.45) is 0 Å². The van der Waals surface area contributed by atoms with Gasteiger partial charge in [-0.15, -0.1) is 0 Å². The van der Waals surface area contributed by atoms with Crippen LogP contribution in [0.4, 0.5) is 0 Å². The summed E-state index contributed by atoms with van der Waals surface area (Å²) in [6.07, 6.45) is 4.74. The minimum absolute atomic E-state index is 0.178. The van der Waals surface area contributed by atoms with Gasteiger partial charge in [0.25, 0.3) is 0 Å². The van der Waals surface area contributed by atoms with E-state index in [1.807, 2.05) is 36.4 Å². The highest BCUT2D eigenvalue weighted by atomic mass is 16.6. The Kier molecular flexibility index (Phi) is 21.1. The zero-order chi connectivity index (χ0) is 56.6. The maximum Gasteiger partial charge on any atom is 0.343 e. The van der Waals surface area contributed by atoms with Crippen molar-refractivity contribution >= 4 is 40.6 Å². The number of rotatable bonds is 24. The lowest BCUT2D eigenvalue weighted by Crippen LogP contribution is -2.09. The molecule has 0 aliphatic heterocycles. The molecule has 80 heavy (non-hydrogen) atoms. The number of ether oxygens (including phenoxy) is 10. The minimum atomic E-state index is -0.592. The molecule has 7 aromatic rings. The average Bonchev–Trinajstić information content (AvgIpc) is 3.50. The molecule has 0 fully saturated rings. The molecule has 0 atom stereocenters. The molecule has 15 nitrogen and oxygen atoms in total. The summed E-state index contributed by atoms with van der Waals surface area (Å²) in [5, 5.41) is 1.95. The normalized spacial score (nSPS) is 10.3. The Morgan fingerprint density at radius 2 is 0.863 bits per heavy atom. The predicted molar refractivity (Wildman–Crippen MR) is 299 cm³/mol. The Hall–Kier alpha value is -10.3. The Bertz CT molecular complexity index is 3500. The molecule has 0 aliphatic carbocycles. The van der Waals surface area contributed by atoms with Crippen LogP contribution in [0.25, 0.3) is 10.8 Å². The van der Waals surface area contributed by atoms with Crippen LogP contribution in [0.2, 0.25) is 0 Å². The lowest BCUT2D eigenvalue weighted by atomic mass is 10.0. The van der Waals surface area contributed by atoms with Gasteiger partial charge in [0, 0.05) is 34.4 Å². The van der Waals surface area contributed by atoms with Gasteiger partial charge in [0.1, 0.15) is 29.4 Å². The molecule has 15 heteroatoms. The number of methoxy groups -OCH3 is 3. The van der Waals surface area contributed by atoms with Gasteiger partial charge in [0.15, 0.2) is 23.0 Å². The van der Waals surface area contributed by atoms with E-state index < -0.39 is 29.8 Å². The number of hydrogen-bond acceptors (Lipinski definition) is 15. The lowest BCUT2D eigenvalue weighted by molar-refractivity contribution is -0.138. The van der Waals surface area contributed by atoms with E-state index >= 15 is 0 Å². The summed E-state index contributed by atoms with van der Waals surface area (Å²) in [5.41, 5.74) is 4.36. The zero-order valence-electron chi connectivity index (χ0n) is 44.3. The number of unbranched alkanes of at least 4 members (excludes halogenated alkanes) is 2. The largest absolute Gasteiger partial charge is 0.493 e. The molecule has 406 valence electrons.